The number of fused-ring (bicyclic) bond motifs is 1. The molecule has 3 heteroatoms. The monoisotopic (exact) mass is 236 g/mol. The first kappa shape index (κ1) is 12.1. The Morgan fingerprint density at radius 2 is 2.12 bits per heavy atom. The van der Waals surface area contributed by atoms with Crippen molar-refractivity contribution in [3.8, 4) is 5.75 Å². The van der Waals surface area contributed by atoms with Crippen LogP contribution in [0.15, 0.2) is 18.2 Å². The molecule has 2 nitrogen and oxygen atoms in total. The van der Waals surface area contributed by atoms with Crippen LogP contribution in [0.1, 0.15) is 43.5 Å². The molecule has 92 valence electrons. The molecule has 0 bridgehead atoms. The van der Waals surface area contributed by atoms with Gasteiger partial charge in [0.25, 0.3) is 0 Å². The Morgan fingerprint density at radius 1 is 1.41 bits per heavy atom. The van der Waals surface area contributed by atoms with Crippen molar-refractivity contribution in [2.24, 2.45) is 5.92 Å². The number of Topliss-reactive ketones (excluding diaryl/α,β-unsaturated/α-hetero) is 1. The van der Waals surface area contributed by atoms with Crippen LogP contribution in [0.4, 0.5) is 4.39 Å². The van der Waals surface area contributed by atoms with E-state index in [0.717, 1.165) is 12.8 Å². The lowest BCUT2D eigenvalue weighted by molar-refractivity contribution is 0.0714. The molecule has 0 amide bonds. The number of ether oxygens (including phenoxy) is 1. The lowest BCUT2D eigenvalue weighted by atomic mass is 9.89. The van der Waals surface area contributed by atoms with Crippen molar-refractivity contribution in [1.29, 1.82) is 0 Å². The molecule has 0 radical (unpaired) electrons. The summed E-state index contributed by atoms with van der Waals surface area (Å²) in [6.45, 7) is 4.17. The summed E-state index contributed by atoms with van der Waals surface area (Å²) in [5.74, 6) is 0.457. The molecule has 17 heavy (non-hydrogen) atoms. The van der Waals surface area contributed by atoms with E-state index in [1.165, 1.54) is 18.2 Å². The molecule has 0 N–H and O–H groups in total. The largest absolute Gasteiger partial charge is 0.489 e. The molecule has 0 aromatic heterocycles. The number of carbonyl (C=O) groups is 1. The smallest absolute Gasteiger partial charge is 0.170 e. The summed E-state index contributed by atoms with van der Waals surface area (Å²) in [5, 5.41) is 0. The van der Waals surface area contributed by atoms with E-state index in [0.29, 0.717) is 23.7 Å². The van der Waals surface area contributed by atoms with Gasteiger partial charge in [0.15, 0.2) is 5.78 Å². The fourth-order valence-electron chi connectivity index (χ4n) is 2.40. The predicted octanol–water partition coefficient (Wildman–Crippen LogP) is 3.60. The van der Waals surface area contributed by atoms with E-state index >= 15 is 0 Å². The summed E-state index contributed by atoms with van der Waals surface area (Å²) < 4.78 is 18.9. The molecule has 1 aromatic carbocycles. The first-order valence-corrected chi connectivity index (χ1v) is 6.15. The van der Waals surface area contributed by atoms with Crippen LogP contribution >= 0.6 is 0 Å². The van der Waals surface area contributed by atoms with Crippen LogP contribution in [0, 0.1) is 11.7 Å². The van der Waals surface area contributed by atoms with Gasteiger partial charge in [0.1, 0.15) is 17.7 Å². The first-order chi connectivity index (χ1) is 8.15. The molecular weight excluding hydrogens is 219 g/mol. The fourth-order valence-corrected chi connectivity index (χ4v) is 2.40. The maximum absolute atomic E-state index is 13.1. The number of halogens is 1. The van der Waals surface area contributed by atoms with Crippen LogP contribution in [0.3, 0.4) is 0 Å². The summed E-state index contributed by atoms with van der Waals surface area (Å²) in [4.78, 5) is 11.9. The van der Waals surface area contributed by atoms with Crippen LogP contribution < -0.4 is 4.74 Å². The predicted molar refractivity (Wildman–Crippen MR) is 63.8 cm³/mol. The molecule has 1 atom stereocenters. The van der Waals surface area contributed by atoms with E-state index < -0.39 is 0 Å². The van der Waals surface area contributed by atoms with Crippen molar-refractivity contribution in [2.45, 2.75) is 39.2 Å². The Hall–Kier alpha value is -1.38. The molecular formula is C14H17FO2. The molecule has 1 heterocycles. The maximum atomic E-state index is 13.1. The van der Waals surface area contributed by atoms with Crippen molar-refractivity contribution in [3.63, 3.8) is 0 Å². The molecule has 0 fully saturated rings. The van der Waals surface area contributed by atoms with Gasteiger partial charge in [0.2, 0.25) is 0 Å². The zero-order valence-corrected chi connectivity index (χ0v) is 10.2. The number of benzene rings is 1. The summed E-state index contributed by atoms with van der Waals surface area (Å²) in [7, 11) is 0. The number of carbonyl (C=O) groups excluding carboxylic acids is 1. The Morgan fingerprint density at radius 3 is 2.76 bits per heavy atom. The van der Waals surface area contributed by atoms with Crippen LogP contribution in [0.25, 0.3) is 0 Å². The van der Waals surface area contributed by atoms with Crippen LogP contribution in [0.2, 0.25) is 0 Å². The van der Waals surface area contributed by atoms with E-state index in [2.05, 4.69) is 13.8 Å². The third kappa shape index (κ3) is 2.33. The van der Waals surface area contributed by atoms with Gasteiger partial charge in [-0.05, 0) is 30.9 Å². The second-order valence-corrected chi connectivity index (χ2v) is 4.50. The molecule has 0 spiro atoms. The molecule has 2 rings (SSSR count). The molecule has 1 aliphatic rings. The zero-order chi connectivity index (χ0) is 12.4. The van der Waals surface area contributed by atoms with Gasteiger partial charge in [-0.15, -0.1) is 0 Å². The van der Waals surface area contributed by atoms with Gasteiger partial charge < -0.3 is 4.74 Å². The van der Waals surface area contributed by atoms with Gasteiger partial charge in [0, 0.05) is 12.5 Å². The Labute approximate surface area is 101 Å². The van der Waals surface area contributed by atoms with Crippen LogP contribution in [-0.2, 0) is 0 Å². The second-order valence-electron chi connectivity index (χ2n) is 4.50. The van der Waals surface area contributed by atoms with Gasteiger partial charge >= 0.3 is 0 Å². The van der Waals surface area contributed by atoms with Gasteiger partial charge in [-0.2, -0.15) is 0 Å². The van der Waals surface area contributed by atoms with Crippen LogP contribution in [0.5, 0.6) is 5.75 Å². The highest BCUT2D eigenvalue weighted by Crippen LogP contribution is 2.32. The van der Waals surface area contributed by atoms with E-state index in [1.54, 1.807) is 0 Å². The lowest BCUT2D eigenvalue weighted by Crippen LogP contribution is -2.33. The third-order valence-electron chi connectivity index (χ3n) is 3.48. The minimum Gasteiger partial charge on any atom is -0.489 e. The first-order valence-electron chi connectivity index (χ1n) is 6.15. The average Bonchev–Trinajstić information content (AvgIpc) is 2.30. The number of ketones is 1. The van der Waals surface area contributed by atoms with Crippen molar-refractivity contribution >= 4 is 5.78 Å². The number of hydrogen-bond acceptors (Lipinski definition) is 2. The van der Waals surface area contributed by atoms with Gasteiger partial charge in [-0.25, -0.2) is 4.39 Å². The average molecular weight is 236 g/mol. The Kier molecular flexibility index (Phi) is 3.46. The normalized spacial score (nSPS) is 19.1. The van der Waals surface area contributed by atoms with Crippen LogP contribution in [-0.4, -0.2) is 11.9 Å². The minimum absolute atomic E-state index is 0.0585. The van der Waals surface area contributed by atoms with Crippen molar-refractivity contribution in [3.05, 3.63) is 29.6 Å². The molecule has 0 saturated carbocycles. The van der Waals surface area contributed by atoms with E-state index in [-0.39, 0.29) is 17.7 Å². The van der Waals surface area contributed by atoms with Gasteiger partial charge in [-0.3, -0.25) is 4.79 Å². The molecule has 1 aliphatic heterocycles. The molecule has 0 saturated heterocycles. The fraction of sp³-hybridized carbons (Fsp3) is 0.500. The van der Waals surface area contributed by atoms with E-state index in [1.807, 2.05) is 0 Å². The molecule has 1 aromatic rings. The zero-order valence-electron chi connectivity index (χ0n) is 10.2. The summed E-state index contributed by atoms with van der Waals surface area (Å²) in [6.07, 6.45) is 2.25. The van der Waals surface area contributed by atoms with Gasteiger partial charge in [0.05, 0.1) is 5.56 Å². The molecule has 0 aliphatic carbocycles. The highest BCUT2D eigenvalue weighted by Gasteiger charge is 2.30. The third-order valence-corrected chi connectivity index (χ3v) is 3.48. The van der Waals surface area contributed by atoms with Crippen molar-refractivity contribution < 1.29 is 13.9 Å². The van der Waals surface area contributed by atoms with Gasteiger partial charge in [-0.1, -0.05) is 13.8 Å². The topological polar surface area (TPSA) is 26.3 Å². The van der Waals surface area contributed by atoms with Crippen molar-refractivity contribution in [1.82, 2.24) is 0 Å². The lowest BCUT2D eigenvalue weighted by Gasteiger charge is -2.30. The SMILES string of the molecule is CCC(CC)C1CC(=O)c2ccc(F)cc2O1. The second kappa shape index (κ2) is 4.86. The summed E-state index contributed by atoms with van der Waals surface area (Å²) in [5.41, 5.74) is 0.508. The standard InChI is InChI=1S/C14H17FO2/c1-3-9(4-2)13-8-12(16)11-6-5-10(15)7-14(11)17-13/h5-7,9,13H,3-4,8H2,1-2H3. The quantitative estimate of drug-likeness (QED) is 0.801. The maximum Gasteiger partial charge on any atom is 0.170 e. The molecule has 1 unspecified atom stereocenters. The minimum atomic E-state index is -0.359. The van der Waals surface area contributed by atoms with E-state index in [9.17, 15) is 9.18 Å². The van der Waals surface area contributed by atoms with Crippen molar-refractivity contribution in [2.75, 3.05) is 0 Å². The summed E-state index contributed by atoms with van der Waals surface area (Å²) >= 11 is 0. The number of hydrogen-bond donors (Lipinski definition) is 0. The van der Waals surface area contributed by atoms with E-state index in [4.69, 9.17) is 4.74 Å². The highest BCUT2D eigenvalue weighted by atomic mass is 19.1. The summed E-state index contributed by atoms with van der Waals surface area (Å²) in [6, 6.07) is 4.12. The Bertz CT molecular complexity index is 424. The highest BCUT2D eigenvalue weighted by molar-refractivity contribution is 5.99. The number of rotatable bonds is 3. The Balaban J connectivity index is 2.28.